The van der Waals surface area contributed by atoms with E-state index in [0.29, 0.717) is 6.42 Å². The third-order valence-electron chi connectivity index (χ3n) is 5.07. The largest absolute Gasteiger partial charge is 0.490 e. The monoisotopic (exact) mass is 452 g/mol. The van der Waals surface area contributed by atoms with Gasteiger partial charge in [-0.2, -0.15) is 0 Å². The first-order valence-electron chi connectivity index (χ1n) is 11.3. The molecule has 0 aliphatic rings. The van der Waals surface area contributed by atoms with Gasteiger partial charge in [0, 0.05) is 18.6 Å². The van der Waals surface area contributed by atoms with Crippen LogP contribution in [0.3, 0.4) is 0 Å². The Hall–Kier alpha value is -3.08. The molecule has 0 spiro atoms. The molecule has 0 atom stereocenters. The molecule has 0 aliphatic carbocycles. The minimum Gasteiger partial charge on any atom is -0.490 e. The average Bonchev–Trinajstić information content (AvgIpc) is 2.74. The molecule has 0 fully saturated rings. The van der Waals surface area contributed by atoms with Crippen LogP contribution in [0.4, 0.5) is 0 Å². The number of benzene rings is 2. The van der Waals surface area contributed by atoms with Gasteiger partial charge in [-0.05, 0) is 33.6 Å². The van der Waals surface area contributed by atoms with Crippen LogP contribution >= 0.6 is 0 Å². The van der Waals surface area contributed by atoms with Gasteiger partial charge in [0.2, 0.25) is 0 Å². The van der Waals surface area contributed by atoms with Crippen LogP contribution in [0.25, 0.3) is 0 Å². The fourth-order valence-electron chi connectivity index (χ4n) is 3.15. The van der Waals surface area contributed by atoms with Crippen LogP contribution in [0.2, 0.25) is 0 Å². The summed E-state index contributed by atoms with van der Waals surface area (Å²) in [7, 11) is 0. The van der Waals surface area contributed by atoms with Crippen molar-refractivity contribution in [1.82, 2.24) is 0 Å². The molecule has 178 valence electrons. The summed E-state index contributed by atoms with van der Waals surface area (Å²) in [4.78, 5) is 23.6. The molecule has 0 bridgehead atoms. The summed E-state index contributed by atoms with van der Waals surface area (Å²) in [6.45, 7) is 13.5. The van der Waals surface area contributed by atoms with Crippen molar-refractivity contribution >= 4 is 11.9 Å². The second-order valence-corrected chi connectivity index (χ2v) is 9.96. The van der Waals surface area contributed by atoms with Crippen molar-refractivity contribution in [3.8, 4) is 5.75 Å². The van der Waals surface area contributed by atoms with E-state index in [1.807, 2.05) is 36.4 Å². The van der Waals surface area contributed by atoms with Crippen molar-refractivity contribution in [2.45, 2.75) is 58.8 Å². The van der Waals surface area contributed by atoms with Gasteiger partial charge >= 0.3 is 11.9 Å². The van der Waals surface area contributed by atoms with E-state index < -0.39 is 11.9 Å². The average molecular weight is 453 g/mol. The highest BCUT2D eigenvalue weighted by molar-refractivity contribution is 5.91. The molecule has 2 rings (SSSR count). The van der Waals surface area contributed by atoms with Crippen LogP contribution in [0.15, 0.2) is 60.7 Å². The molecule has 5 nitrogen and oxygen atoms in total. The Morgan fingerprint density at radius 1 is 0.758 bits per heavy atom. The number of carbonyl (C=O) groups is 2. The lowest BCUT2D eigenvalue weighted by Crippen LogP contribution is -2.19. The number of esters is 2. The molecular formula is C28H36O5. The topological polar surface area (TPSA) is 61.8 Å². The molecule has 0 saturated carbocycles. The van der Waals surface area contributed by atoms with Crippen LogP contribution in [0.1, 0.15) is 58.2 Å². The highest BCUT2D eigenvalue weighted by Gasteiger charge is 2.23. The number of hydrogen-bond donors (Lipinski definition) is 0. The number of hydrogen-bond acceptors (Lipinski definition) is 5. The molecule has 2 aromatic carbocycles. The predicted octanol–water partition coefficient (Wildman–Crippen LogP) is 5.55. The molecule has 0 N–H and O–H groups in total. The van der Waals surface area contributed by atoms with Gasteiger partial charge < -0.3 is 14.2 Å². The van der Waals surface area contributed by atoms with E-state index in [9.17, 15) is 9.59 Å². The first-order chi connectivity index (χ1) is 15.5. The molecule has 0 aliphatic heterocycles. The second-order valence-electron chi connectivity index (χ2n) is 9.96. The second kappa shape index (κ2) is 11.7. The SMILES string of the molecule is CC(C)(C)c1ccc(OCCOC(=O)/C=C/C(=O)OCCc2ccccc2)c(C(C)(C)C)c1. The molecule has 5 heteroatoms. The molecule has 0 saturated heterocycles. The quantitative estimate of drug-likeness (QED) is 0.284. The summed E-state index contributed by atoms with van der Waals surface area (Å²) in [6, 6.07) is 16.0. The molecule has 0 aromatic heterocycles. The third-order valence-corrected chi connectivity index (χ3v) is 5.07. The Morgan fingerprint density at radius 2 is 1.36 bits per heavy atom. The zero-order chi connectivity index (χ0) is 24.5. The fraction of sp³-hybridized carbons (Fsp3) is 0.429. The van der Waals surface area contributed by atoms with E-state index in [2.05, 4.69) is 53.7 Å². The smallest absolute Gasteiger partial charge is 0.331 e. The summed E-state index contributed by atoms with van der Waals surface area (Å²) in [6.07, 6.45) is 2.77. The van der Waals surface area contributed by atoms with E-state index in [4.69, 9.17) is 14.2 Å². The number of rotatable bonds is 9. The Bertz CT molecular complexity index is 946. The summed E-state index contributed by atoms with van der Waals surface area (Å²) in [5.41, 5.74) is 3.39. The maximum atomic E-state index is 11.9. The van der Waals surface area contributed by atoms with Crippen LogP contribution in [0, 0.1) is 0 Å². The fourth-order valence-corrected chi connectivity index (χ4v) is 3.15. The maximum Gasteiger partial charge on any atom is 0.331 e. The van der Waals surface area contributed by atoms with Gasteiger partial charge in [-0.1, -0.05) is 84.0 Å². The molecule has 0 radical (unpaired) electrons. The van der Waals surface area contributed by atoms with Crippen molar-refractivity contribution in [2.75, 3.05) is 19.8 Å². The van der Waals surface area contributed by atoms with E-state index in [1.54, 1.807) is 0 Å². The highest BCUT2D eigenvalue weighted by Crippen LogP contribution is 2.35. The molecule has 0 heterocycles. The number of carbonyl (C=O) groups excluding carboxylic acids is 2. The van der Waals surface area contributed by atoms with Crippen molar-refractivity contribution in [2.24, 2.45) is 0 Å². The standard InChI is InChI=1S/C28H36O5/c1-27(2,3)22-12-13-24(23(20-22)28(4,5)6)31-18-19-33-26(30)15-14-25(29)32-17-16-21-10-8-7-9-11-21/h7-15,20H,16-19H2,1-6H3/b15-14+. The molecule has 0 unspecified atom stereocenters. The Balaban J connectivity index is 1.77. The Morgan fingerprint density at radius 3 is 1.94 bits per heavy atom. The van der Waals surface area contributed by atoms with E-state index >= 15 is 0 Å². The Kier molecular flexibility index (Phi) is 9.27. The highest BCUT2D eigenvalue weighted by atomic mass is 16.6. The Labute approximate surface area is 197 Å². The van der Waals surface area contributed by atoms with Gasteiger partial charge in [0.05, 0.1) is 6.61 Å². The zero-order valence-electron chi connectivity index (χ0n) is 20.6. The third kappa shape index (κ3) is 9.13. The van der Waals surface area contributed by atoms with E-state index in [-0.39, 0.29) is 30.7 Å². The van der Waals surface area contributed by atoms with Crippen molar-refractivity contribution < 1.29 is 23.8 Å². The van der Waals surface area contributed by atoms with Crippen molar-refractivity contribution in [3.05, 3.63) is 77.4 Å². The maximum absolute atomic E-state index is 11.9. The van der Waals surface area contributed by atoms with Gasteiger partial charge in [-0.25, -0.2) is 9.59 Å². The predicted molar refractivity (Wildman–Crippen MR) is 131 cm³/mol. The zero-order valence-corrected chi connectivity index (χ0v) is 20.6. The minimum absolute atomic E-state index is 0.0447. The van der Waals surface area contributed by atoms with Gasteiger partial charge in [0.1, 0.15) is 19.0 Å². The molecule has 2 aromatic rings. The summed E-state index contributed by atoms with van der Waals surface area (Å²) < 4.78 is 16.1. The molecule has 0 amide bonds. The van der Waals surface area contributed by atoms with Gasteiger partial charge in [0.15, 0.2) is 0 Å². The van der Waals surface area contributed by atoms with E-state index in [0.717, 1.165) is 29.0 Å². The summed E-state index contributed by atoms with van der Waals surface area (Å²) in [5.74, 6) is -0.408. The van der Waals surface area contributed by atoms with Crippen molar-refractivity contribution in [1.29, 1.82) is 0 Å². The van der Waals surface area contributed by atoms with Crippen molar-refractivity contribution in [3.63, 3.8) is 0 Å². The van der Waals surface area contributed by atoms with Crippen LogP contribution in [0.5, 0.6) is 5.75 Å². The number of ether oxygens (including phenoxy) is 3. The van der Waals surface area contributed by atoms with Crippen LogP contribution in [-0.4, -0.2) is 31.8 Å². The lowest BCUT2D eigenvalue weighted by atomic mass is 9.80. The summed E-state index contributed by atoms with van der Waals surface area (Å²) in [5, 5.41) is 0. The normalized spacial score (nSPS) is 11.9. The lowest BCUT2D eigenvalue weighted by Gasteiger charge is -2.27. The van der Waals surface area contributed by atoms with Crippen LogP contribution in [-0.2, 0) is 36.3 Å². The van der Waals surface area contributed by atoms with Gasteiger partial charge in [-0.15, -0.1) is 0 Å². The van der Waals surface area contributed by atoms with Gasteiger partial charge in [0.25, 0.3) is 0 Å². The van der Waals surface area contributed by atoms with Gasteiger partial charge in [-0.3, -0.25) is 0 Å². The first-order valence-corrected chi connectivity index (χ1v) is 11.3. The van der Waals surface area contributed by atoms with E-state index in [1.165, 1.54) is 5.56 Å². The molecule has 33 heavy (non-hydrogen) atoms. The summed E-state index contributed by atoms with van der Waals surface area (Å²) >= 11 is 0. The van der Waals surface area contributed by atoms with Crippen LogP contribution < -0.4 is 4.74 Å². The molecular weight excluding hydrogens is 416 g/mol. The first kappa shape index (κ1) is 26.2. The minimum atomic E-state index is -0.613. The lowest BCUT2D eigenvalue weighted by molar-refractivity contribution is -0.140.